The van der Waals surface area contributed by atoms with E-state index in [1.54, 1.807) is 26.2 Å². The van der Waals surface area contributed by atoms with Crippen molar-refractivity contribution in [3.05, 3.63) is 24.0 Å². The highest BCUT2D eigenvalue weighted by molar-refractivity contribution is 7.89. The molecule has 1 aliphatic carbocycles. The van der Waals surface area contributed by atoms with E-state index in [4.69, 9.17) is 4.98 Å². The average Bonchev–Trinajstić information content (AvgIpc) is 3.03. The molecule has 0 spiro atoms. The summed E-state index contributed by atoms with van der Waals surface area (Å²) in [6, 6.07) is 5.32. The Kier molecular flexibility index (Phi) is 5.51. The molecule has 1 aromatic carbocycles. The van der Waals surface area contributed by atoms with Gasteiger partial charge in [0.15, 0.2) is 0 Å². The summed E-state index contributed by atoms with van der Waals surface area (Å²) in [6.45, 7) is 6.14. The molecule has 2 fully saturated rings. The molecular formula is C21H32N4O2S. The fourth-order valence-electron chi connectivity index (χ4n) is 5.02. The molecule has 0 bridgehead atoms. The number of sulfonamides is 1. The molecule has 2 heterocycles. The first-order valence-corrected chi connectivity index (χ1v) is 12.0. The van der Waals surface area contributed by atoms with Crippen molar-refractivity contribution in [1.29, 1.82) is 0 Å². The van der Waals surface area contributed by atoms with Crippen molar-refractivity contribution < 1.29 is 8.42 Å². The van der Waals surface area contributed by atoms with Crippen molar-refractivity contribution >= 4 is 21.1 Å². The zero-order chi connectivity index (χ0) is 19.9. The van der Waals surface area contributed by atoms with Crippen LogP contribution in [0.1, 0.15) is 44.9 Å². The summed E-state index contributed by atoms with van der Waals surface area (Å²) in [5, 5.41) is 0. The van der Waals surface area contributed by atoms with E-state index in [1.165, 1.54) is 43.0 Å². The number of fused-ring (bicyclic) bond motifs is 2. The number of imidazole rings is 1. The molecule has 0 unspecified atom stereocenters. The highest BCUT2D eigenvalue weighted by Crippen LogP contribution is 2.36. The van der Waals surface area contributed by atoms with Crippen molar-refractivity contribution in [3.63, 3.8) is 0 Å². The second-order valence-electron chi connectivity index (χ2n) is 8.54. The van der Waals surface area contributed by atoms with Gasteiger partial charge in [-0.15, -0.1) is 0 Å². The molecule has 1 saturated carbocycles. The third-order valence-electron chi connectivity index (χ3n) is 6.63. The number of aromatic nitrogens is 2. The molecule has 0 amide bonds. The van der Waals surface area contributed by atoms with Gasteiger partial charge in [-0.25, -0.2) is 17.7 Å². The fourth-order valence-corrected chi connectivity index (χ4v) is 5.95. The lowest BCUT2D eigenvalue weighted by Gasteiger charge is -2.41. The predicted octanol–water partition coefficient (Wildman–Crippen LogP) is 3.32. The van der Waals surface area contributed by atoms with Crippen LogP contribution in [0.25, 0.3) is 11.0 Å². The van der Waals surface area contributed by atoms with Gasteiger partial charge in [-0.1, -0.05) is 19.3 Å². The summed E-state index contributed by atoms with van der Waals surface area (Å²) in [6.07, 6.45) is 6.88. The third kappa shape index (κ3) is 3.60. The number of hydrogen-bond acceptors (Lipinski definition) is 4. The minimum atomic E-state index is -3.45. The van der Waals surface area contributed by atoms with Crippen LogP contribution >= 0.6 is 0 Å². The molecule has 2 atom stereocenters. The molecule has 1 saturated heterocycles. The smallest absolute Gasteiger partial charge is 0.242 e. The largest absolute Gasteiger partial charge is 0.327 e. The lowest BCUT2D eigenvalue weighted by Crippen LogP contribution is -2.41. The second kappa shape index (κ2) is 7.76. The van der Waals surface area contributed by atoms with E-state index < -0.39 is 10.0 Å². The molecule has 154 valence electrons. The van der Waals surface area contributed by atoms with Crippen LogP contribution in [-0.2, 0) is 23.1 Å². The van der Waals surface area contributed by atoms with Gasteiger partial charge in [-0.2, -0.15) is 0 Å². The van der Waals surface area contributed by atoms with Gasteiger partial charge in [-0.3, -0.25) is 4.90 Å². The summed E-state index contributed by atoms with van der Waals surface area (Å²) in [5.74, 6) is 2.82. The Morgan fingerprint density at radius 2 is 1.89 bits per heavy atom. The zero-order valence-electron chi connectivity index (χ0n) is 17.3. The number of rotatable bonds is 5. The van der Waals surface area contributed by atoms with Crippen LogP contribution in [0.2, 0.25) is 0 Å². The Balaban J connectivity index is 1.60. The topological polar surface area (TPSA) is 58.4 Å². The van der Waals surface area contributed by atoms with E-state index in [9.17, 15) is 8.42 Å². The molecule has 1 aromatic heterocycles. The number of aryl methyl sites for hydroxylation is 1. The minimum Gasteiger partial charge on any atom is -0.327 e. The van der Waals surface area contributed by atoms with Crippen LogP contribution in [0.5, 0.6) is 0 Å². The normalized spacial score (nSPS) is 24.0. The second-order valence-corrected chi connectivity index (χ2v) is 10.7. The standard InChI is InChI=1S/C21H32N4O2S/c1-4-25-20-10-9-18(28(26,27)23(2)3)13-19(20)22-21(25)15-24-12-11-16-7-5-6-8-17(16)14-24/h9-10,13,16-17H,4-8,11-12,14-15H2,1-3H3/t16-,17-/m1/s1. The molecule has 6 nitrogen and oxygen atoms in total. The Bertz CT molecular complexity index is 951. The van der Waals surface area contributed by atoms with Crippen molar-refractivity contribution in [1.82, 2.24) is 18.8 Å². The predicted molar refractivity (Wildman–Crippen MR) is 112 cm³/mol. The quantitative estimate of drug-likeness (QED) is 0.767. The number of likely N-dealkylation sites (tertiary alicyclic amines) is 1. The lowest BCUT2D eigenvalue weighted by molar-refractivity contribution is 0.0797. The third-order valence-corrected chi connectivity index (χ3v) is 8.44. The van der Waals surface area contributed by atoms with Crippen LogP contribution in [0, 0.1) is 11.8 Å². The van der Waals surface area contributed by atoms with E-state index in [-0.39, 0.29) is 0 Å². The van der Waals surface area contributed by atoms with Gasteiger partial charge in [0.1, 0.15) is 5.82 Å². The van der Waals surface area contributed by atoms with Crippen LogP contribution in [0.4, 0.5) is 0 Å². The van der Waals surface area contributed by atoms with Gasteiger partial charge < -0.3 is 4.57 Å². The summed E-state index contributed by atoms with van der Waals surface area (Å²) < 4.78 is 28.4. The van der Waals surface area contributed by atoms with Gasteiger partial charge in [-0.05, 0) is 56.3 Å². The first-order valence-electron chi connectivity index (χ1n) is 10.5. The SMILES string of the molecule is CCn1c(CN2CC[C@H]3CCCC[C@@H]3C2)nc2cc(S(=O)(=O)N(C)C)ccc21. The van der Waals surface area contributed by atoms with Gasteiger partial charge in [0.2, 0.25) is 10.0 Å². The maximum atomic E-state index is 12.5. The van der Waals surface area contributed by atoms with Crippen molar-refractivity contribution in [3.8, 4) is 0 Å². The first kappa shape index (κ1) is 19.9. The Labute approximate surface area is 168 Å². The average molecular weight is 405 g/mol. The minimum absolute atomic E-state index is 0.306. The fraction of sp³-hybridized carbons (Fsp3) is 0.667. The van der Waals surface area contributed by atoms with E-state index >= 15 is 0 Å². The van der Waals surface area contributed by atoms with Gasteiger partial charge in [0, 0.05) is 27.2 Å². The molecule has 0 N–H and O–H groups in total. The van der Waals surface area contributed by atoms with E-state index in [2.05, 4.69) is 16.4 Å². The Morgan fingerprint density at radius 3 is 2.61 bits per heavy atom. The van der Waals surface area contributed by atoms with E-state index in [1.807, 2.05) is 6.07 Å². The summed E-state index contributed by atoms with van der Waals surface area (Å²) >= 11 is 0. The molecule has 28 heavy (non-hydrogen) atoms. The van der Waals surface area contributed by atoms with Crippen molar-refractivity contribution in [2.24, 2.45) is 11.8 Å². The first-order chi connectivity index (χ1) is 13.4. The highest BCUT2D eigenvalue weighted by Gasteiger charge is 2.31. The number of piperidine rings is 1. The zero-order valence-corrected chi connectivity index (χ0v) is 18.1. The lowest BCUT2D eigenvalue weighted by atomic mass is 9.75. The summed E-state index contributed by atoms with van der Waals surface area (Å²) in [4.78, 5) is 7.71. The van der Waals surface area contributed by atoms with Crippen LogP contribution in [-0.4, -0.2) is 54.4 Å². The van der Waals surface area contributed by atoms with Gasteiger partial charge in [0.25, 0.3) is 0 Å². The maximum absolute atomic E-state index is 12.5. The highest BCUT2D eigenvalue weighted by atomic mass is 32.2. The summed E-state index contributed by atoms with van der Waals surface area (Å²) in [5.41, 5.74) is 1.79. The molecule has 7 heteroatoms. The summed E-state index contributed by atoms with van der Waals surface area (Å²) in [7, 11) is -0.326. The molecule has 2 aliphatic rings. The van der Waals surface area contributed by atoms with E-state index in [0.717, 1.165) is 48.3 Å². The molecule has 1 aliphatic heterocycles. The number of benzene rings is 1. The molecule has 0 radical (unpaired) electrons. The molecule has 4 rings (SSSR count). The van der Waals surface area contributed by atoms with Crippen molar-refractivity contribution in [2.45, 2.75) is 57.0 Å². The number of hydrogen-bond donors (Lipinski definition) is 0. The van der Waals surface area contributed by atoms with Crippen LogP contribution in [0.3, 0.4) is 0 Å². The number of nitrogens with zero attached hydrogens (tertiary/aromatic N) is 4. The monoisotopic (exact) mass is 404 g/mol. The van der Waals surface area contributed by atoms with Crippen LogP contribution < -0.4 is 0 Å². The van der Waals surface area contributed by atoms with E-state index in [0.29, 0.717) is 4.90 Å². The Morgan fingerprint density at radius 1 is 1.14 bits per heavy atom. The molecular weight excluding hydrogens is 372 g/mol. The van der Waals surface area contributed by atoms with Gasteiger partial charge >= 0.3 is 0 Å². The van der Waals surface area contributed by atoms with Crippen LogP contribution in [0.15, 0.2) is 23.1 Å². The van der Waals surface area contributed by atoms with Gasteiger partial charge in [0.05, 0.1) is 22.5 Å². The molecule has 2 aromatic rings. The Hall–Kier alpha value is -1.44. The maximum Gasteiger partial charge on any atom is 0.242 e. The van der Waals surface area contributed by atoms with Crippen molar-refractivity contribution in [2.75, 3.05) is 27.2 Å².